The lowest BCUT2D eigenvalue weighted by molar-refractivity contribution is 0.386. The molecular formula is C16H16BrFO. The van der Waals surface area contributed by atoms with E-state index >= 15 is 0 Å². The molecule has 0 aliphatic rings. The van der Waals surface area contributed by atoms with Gasteiger partial charge in [0.05, 0.1) is 7.11 Å². The van der Waals surface area contributed by atoms with Crippen molar-refractivity contribution in [3.05, 3.63) is 65.0 Å². The Morgan fingerprint density at radius 1 is 1.21 bits per heavy atom. The van der Waals surface area contributed by atoms with Crippen molar-refractivity contribution in [2.75, 3.05) is 7.11 Å². The summed E-state index contributed by atoms with van der Waals surface area (Å²) in [5.41, 5.74) is 3.56. The van der Waals surface area contributed by atoms with Crippen LogP contribution in [0.5, 0.6) is 5.75 Å². The van der Waals surface area contributed by atoms with Gasteiger partial charge in [0.1, 0.15) is 0 Å². The van der Waals surface area contributed by atoms with Crippen LogP contribution in [0.25, 0.3) is 0 Å². The molecule has 3 heteroatoms. The highest BCUT2D eigenvalue weighted by Gasteiger charge is 2.12. The summed E-state index contributed by atoms with van der Waals surface area (Å²) in [6, 6.07) is 13.3. The minimum Gasteiger partial charge on any atom is -0.494 e. The number of halogens is 2. The summed E-state index contributed by atoms with van der Waals surface area (Å²) in [4.78, 5) is 0.142. The van der Waals surface area contributed by atoms with Gasteiger partial charge in [-0.2, -0.15) is 0 Å². The van der Waals surface area contributed by atoms with Crippen molar-refractivity contribution in [2.45, 2.75) is 18.2 Å². The van der Waals surface area contributed by atoms with Crippen LogP contribution in [0.3, 0.4) is 0 Å². The first kappa shape index (κ1) is 14.1. The van der Waals surface area contributed by atoms with E-state index in [4.69, 9.17) is 4.74 Å². The summed E-state index contributed by atoms with van der Waals surface area (Å²) in [6.07, 6.45) is 0.863. The Labute approximate surface area is 121 Å². The number of aryl methyl sites for hydroxylation is 1. The fraction of sp³-hybridized carbons (Fsp3) is 0.250. The summed E-state index contributed by atoms with van der Waals surface area (Å²) in [7, 11) is 1.48. The van der Waals surface area contributed by atoms with Crippen LogP contribution in [0, 0.1) is 12.7 Å². The van der Waals surface area contributed by atoms with Gasteiger partial charge in [-0.15, -0.1) is 0 Å². The van der Waals surface area contributed by atoms with Crippen LogP contribution in [0.1, 0.15) is 21.5 Å². The normalized spacial score (nSPS) is 12.2. The molecule has 0 bridgehead atoms. The van der Waals surface area contributed by atoms with Gasteiger partial charge < -0.3 is 4.74 Å². The third kappa shape index (κ3) is 3.35. The number of methoxy groups -OCH3 is 1. The topological polar surface area (TPSA) is 9.23 Å². The minimum atomic E-state index is -0.332. The van der Waals surface area contributed by atoms with E-state index in [0.29, 0.717) is 0 Å². The van der Waals surface area contributed by atoms with Gasteiger partial charge in [-0.25, -0.2) is 4.39 Å². The maximum atomic E-state index is 13.4. The SMILES string of the molecule is COc1cc(C(Br)Cc2ccccc2C)ccc1F. The molecule has 1 nitrogen and oxygen atoms in total. The van der Waals surface area contributed by atoms with E-state index < -0.39 is 0 Å². The molecule has 0 saturated heterocycles. The van der Waals surface area contributed by atoms with E-state index in [1.807, 2.05) is 12.1 Å². The molecule has 0 heterocycles. The minimum absolute atomic E-state index is 0.142. The standard InChI is InChI=1S/C16H16BrFO/c1-11-5-3-4-6-12(11)9-14(17)13-7-8-15(18)16(10-13)19-2/h3-8,10,14H,9H2,1-2H3. The summed E-state index contributed by atoms with van der Waals surface area (Å²) in [6.45, 7) is 2.10. The summed E-state index contributed by atoms with van der Waals surface area (Å²) >= 11 is 3.67. The molecule has 0 aromatic heterocycles. The fourth-order valence-electron chi connectivity index (χ4n) is 2.02. The smallest absolute Gasteiger partial charge is 0.165 e. The van der Waals surface area contributed by atoms with Gasteiger partial charge in [-0.1, -0.05) is 46.3 Å². The first-order valence-corrected chi connectivity index (χ1v) is 7.05. The fourth-order valence-corrected chi connectivity index (χ4v) is 2.65. The lowest BCUT2D eigenvalue weighted by Crippen LogP contribution is -1.99. The maximum absolute atomic E-state index is 13.4. The van der Waals surface area contributed by atoms with Gasteiger partial charge in [-0.3, -0.25) is 0 Å². The second kappa shape index (κ2) is 6.20. The van der Waals surface area contributed by atoms with Crippen LogP contribution >= 0.6 is 15.9 Å². The quantitative estimate of drug-likeness (QED) is 0.733. The van der Waals surface area contributed by atoms with E-state index in [1.54, 1.807) is 12.1 Å². The van der Waals surface area contributed by atoms with Gasteiger partial charge in [0.2, 0.25) is 0 Å². The van der Waals surface area contributed by atoms with E-state index in [0.717, 1.165) is 12.0 Å². The van der Waals surface area contributed by atoms with Gasteiger partial charge in [0, 0.05) is 4.83 Å². The van der Waals surface area contributed by atoms with Crippen molar-refractivity contribution in [2.24, 2.45) is 0 Å². The molecule has 1 atom stereocenters. The Hall–Kier alpha value is -1.35. The molecule has 0 fully saturated rings. The number of hydrogen-bond donors (Lipinski definition) is 0. The highest BCUT2D eigenvalue weighted by molar-refractivity contribution is 9.09. The average Bonchev–Trinajstić information content (AvgIpc) is 2.42. The second-order valence-corrected chi connectivity index (χ2v) is 5.60. The lowest BCUT2D eigenvalue weighted by atomic mass is 10.0. The summed E-state index contributed by atoms with van der Waals surface area (Å²) in [5, 5.41) is 0. The molecule has 100 valence electrons. The maximum Gasteiger partial charge on any atom is 0.165 e. The number of ether oxygens (including phenoxy) is 1. The molecule has 1 unspecified atom stereocenters. The van der Waals surface area contributed by atoms with Crippen LogP contribution in [-0.2, 0) is 6.42 Å². The van der Waals surface area contributed by atoms with Crippen molar-refractivity contribution in [1.29, 1.82) is 0 Å². The van der Waals surface area contributed by atoms with E-state index in [2.05, 4.69) is 35.0 Å². The molecule has 0 aliphatic heterocycles. The highest BCUT2D eigenvalue weighted by Crippen LogP contribution is 2.31. The van der Waals surface area contributed by atoms with E-state index in [-0.39, 0.29) is 16.4 Å². The zero-order valence-electron chi connectivity index (χ0n) is 11.0. The number of benzene rings is 2. The molecule has 0 spiro atoms. The Bertz CT molecular complexity index is 568. The van der Waals surface area contributed by atoms with Crippen LogP contribution in [0.4, 0.5) is 4.39 Å². The van der Waals surface area contributed by atoms with Gasteiger partial charge in [0.15, 0.2) is 11.6 Å². The van der Waals surface area contributed by atoms with Crippen LogP contribution < -0.4 is 4.74 Å². The van der Waals surface area contributed by atoms with Crippen molar-refractivity contribution in [3.63, 3.8) is 0 Å². The van der Waals surface area contributed by atoms with Crippen molar-refractivity contribution < 1.29 is 9.13 Å². The lowest BCUT2D eigenvalue weighted by Gasteiger charge is -2.13. The summed E-state index contributed by atoms with van der Waals surface area (Å²) in [5.74, 6) is -0.0476. The third-order valence-corrected chi connectivity index (χ3v) is 4.05. The molecule has 2 aromatic carbocycles. The molecule has 2 aromatic rings. The van der Waals surface area contributed by atoms with E-state index in [1.165, 1.54) is 24.3 Å². The average molecular weight is 323 g/mol. The van der Waals surface area contributed by atoms with Crippen molar-refractivity contribution in [3.8, 4) is 5.75 Å². The molecule has 0 saturated carbocycles. The van der Waals surface area contributed by atoms with Crippen LogP contribution in [0.2, 0.25) is 0 Å². The van der Waals surface area contributed by atoms with E-state index in [9.17, 15) is 4.39 Å². The Kier molecular flexibility index (Phi) is 4.59. The zero-order chi connectivity index (χ0) is 13.8. The Morgan fingerprint density at radius 3 is 2.63 bits per heavy atom. The largest absolute Gasteiger partial charge is 0.494 e. The van der Waals surface area contributed by atoms with Gasteiger partial charge in [0.25, 0.3) is 0 Å². The molecular weight excluding hydrogens is 307 g/mol. The molecule has 2 rings (SSSR count). The molecule has 0 N–H and O–H groups in total. The number of rotatable bonds is 4. The third-order valence-electron chi connectivity index (χ3n) is 3.20. The summed E-state index contributed by atoms with van der Waals surface area (Å²) < 4.78 is 18.4. The monoisotopic (exact) mass is 322 g/mol. The molecule has 0 amide bonds. The first-order chi connectivity index (χ1) is 9.11. The Balaban J connectivity index is 2.20. The van der Waals surface area contributed by atoms with Crippen LogP contribution in [-0.4, -0.2) is 7.11 Å². The van der Waals surface area contributed by atoms with Gasteiger partial charge >= 0.3 is 0 Å². The predicted octanol–water partition coefficient (Wildman–Crippen LogP) is 4.82. The second-order valence-electron chi connectivity index (χ2n) is 4.49. The van der Waals surface area contributed by atoms with Crippen LogP contribution in [0.15, 0.2) is 42.5 Å². The van der Waals surface area contributed by atoms with Gasteiger partial charge in [-0.05, 0) is 42.2 Å². The number of hydrogen-bond acceptors (Lipinski definition) is 1. The first-order valence-electron chi connectivity index (χ1n) is 6.14. The zero-order valence-corrected chi connectivity index (χ0v) is 12.6. The molecule has 0 radical (unpaired) electrons. The predicted molar refractivity (Wildman–Crippen MR) is 79.5 cm³/mol. The molecule has 0 aliphatic carbocycles. The molecule has 19 heavy (non-hydrogen) atoms. The number of alkyl halides is 1. The highest BCUT2D eigenvalue weighted by atomic mass is 79.9. The van der Waals surface area contributed by atoms with Crippen molar-refractivity contribution >= 4 is 15.9 Å². The Morgan fingerprint density at radius 2 is 1.95 bits per heavy atom. The van der Waals surface area contributed by atoms with Crippen molar-refractivity contribution in [1.82, 2.24) is 0 Å².